The summed E-state index contributed by atoms with van der Waals surface area (Å²) < 4.78 is 44.0. The number of carboxylic acid groups (broad SMARTS) is 1. The molecular formula is C24H18F2N2O5. The highest BCUT2D eigenvalue weighted by atomic mass is 19.1. The molecule has 4 rings (SSSR count). The molecule has 0 bridgehead atoms. The number of carbonyl (C=O) groups is 1. The minimum absolute atomic E-state index is 0.102. The van der Waals surface area contributed by atoms with E-state index < -0.39 is 23.2 Å². The van der Waals surface area contributed by atoms with E-state index in [4.69, 9.17) is 19.1 Å². The maximum absolute atomic E-state index is 14.0. The largest absolute Gasteiger partial charge is 0.496 e. The lowest BCUT2D eigenvalue weighted by atomic mass is 9.97. The van der Waals surface area contributed by atoms with Crippen LogP contribution in [0.1, 0.15) is 15.9 Å². The number of methoxy groups -OCH3 is 2. The van der Waals surface area contributed by atoms with Gasteiger partial charge in [0.1, 0.15) is 17.4 Å². The molecule has 1 N–H and O–H groups in total. The Balaban J connectivity index is 1.72. The lowest BCUT2D eigenvalue weighted by molar-refractivity contribution is 0.0692. The fourth-order valence-electron chi connectivity index (χ4n) is 3.44. The number of nitrogens with zero attached hydrogens (tertiary/aromatic N) is 2. The van der Waals surface area contributed by atoms with Crippen LogP contribution in [-0.2, 0) is 11.3 Å². The third-order valence-corrected chi connectivity index (χ3v) is 4.99. The zero-order valence-corrected chi connectivity index (χ0v) is 17.6. The van der Waals surface area contributed by atoms with Gasteiger partial charge < -0.3 is 19.1 Å². The molecule has 1 aromatic heterocycles. The van der Waals surface area contributed by atoms with Crippen LogP contribution in [0.2, 0.25) is 0 Å². The molecule has 1 heterocycles. The number of benzene rings is 3. The molecule has 0 amide bonds. The number of halogens is 2. The number of hydrogen-bond acceptors (Lipinski definition) is 6. The Labute approximate surface area is 187 Å². The standard InChI is InChI=1S/C24H18F2N2O5/c1-31-12-15-9-14(4-6-17(15)19-11-16(25)5-8-21(19)32-2)23-27-22(28-33-23)13-3-7-18(24(29)30)20(26)10-13/h3-11H,12H2,1-2H3,(H,29,30). The molecule has 168 valence electrons. The van der Waals surface area contributed by atoms with Crippen LogP contribution in [-0.4, -0.2) is 35.4 Å². The molecule has 7 nitrogen and oxygen atoms in total. The molecule has 0 atom stereocenters. The number of aromatic nitrogens is 2. The van der Waals surface area contributed by atoms with Gasteiger partial charge in [0.05, 0.1) is 19.3 Å². The lowest BCUT2D eigenvalue weighted by Crippen LogP contribution is -2.00. The molecule has 0 spiro atoms. The average Bonchev–Trinajstić information content (AvgIpc) is 3.29. The molecular weight excluding hydrogens is 434 g/mol. The van der Waals surface area contributed by atoms with Crippen LogP contribution in [0.4, 0.5) is 8.78 Å². The molecule has 0 fully saturated rings. The van der Waals surface area contributed by atoms with Crippen molar-refractivity contribution in [3.63, 3.8) is 0 Å². The van der Waals surface area contributed by atoms with Gasteiger partial charge in [0.2, 0.25) is 5.82 Å². The number of hydrogen-bond donors (Lipinski definition) is 1. The van der Waals surface area contributed by atoms with Gasteiger partial charge in [-0.2, -0.15) is 4.98 Å². The van der Waals surface area contributed by atoms with Crippen molar-refractivity contribution in [1.29, 1.82) is 0 Å². The summed E-state index contributed by atoms with van der Waals surface area (Å²) in [5.74, 6) is -1.89. The van der Waals surface area contributed by atoms with Crippen molar-refractivity contribution < 1.29 is 32.7 Å². The molecule has 0 saturated carbocycles. The molecule has 33 heavy (non-hydrogen) atoms. The van der Waals surface area contributed by atoms with Gasteiger partial charge >= 0.3 is 5.97 Å². The summed E-state index contributed by atoms with van der Waals surface area (Å²) in [5.41, 5.74) is 2.40. The van der Waals surface area contributed by atoms with Crippen molar-refractivity contribution in [2.45, 2.75) is 6.61 Å². The van der Waals surface area contributed by atoms with Crippen molar-refractivity contribution in [2.24, 2.45) is 0 Å². The van der Waals surface area contributed by atoms with Gasteiger partial charge in [0.15, 0.2) is 0 Å². The first-order valence-electron chi connectivity index (χ1n) is 9.74. The molecule has 4 aromatic rings. The molecule has 0 radical (unpaired) electrons. The van der Waals surface area contributed by atoms with Crippen LogP contribution in [0.25, 0.3) is 34.0 Å². The summed E-state index contributed by atoms with van der Waals surface area (Å²) in [6.07, 6.45) is 0. The van der Waals surface area contributed by atoms with E-state index in [1.807, 2.05) is 0 Å². The average molecular weight is 452 g/mol. The summed E-state index contributed by atoms with van der Waals surface area (Å²) in [5, 5.41) is 12.8. The first-order valence-corrected chi connectivity index (χ1v) is 9.74. The maximum Gasteiger partial charge on any atom is 0.338 e. The molecule has 9 heteroatoms. The van der Waals surface area contributed by atoms with Gasteiger partial charge in [0, 0.05) is 23.8 Å². The van der Waals surface area contributed by atoms with Crippen molar-refractivity contribution in [3.05, 3.63) is 77.4 Å². The van der Waals surface area contributed by atoms with Crippen LogP contribution in [0.15, 0.2) is 59.1 Å². The van der Waals surface area contributed by atoms with E-state index in [1.165, 1.54) is 25.3 Å². The second-order valence-electron chi connectivity index (χ2n) is 7.07. The van der Waals surface area contributed by atoms with Crippen molar-refractivity contribution in [2.75, 3.05) is 14.2 Å². The van der Waals surface area contributed by atoms with Gasteiger partial charge in [0.25, 0.3) is 5.89 Å². The molecule has 3 aromatic carbocycles. The van der Waals surface area contributed by atoms with Gasteiger partial charge in [-0.15, -0.1) is 0 Å². The monoisotopic (exact) mass is 452 g/mol. The summed E-state index contributed by atoms with van der Waals surface area (Å²) in [6, 6.07) is 13.1. The van der Waals surface area contributed by atoms with E-state index in [0.29, 0.717) is 22.4 Å². The first-order chi connectivity index (χ1) is 15.9. The van der Waals surface area contributed by atoms with E-state index in [0.717, 1.165) is 17.7 Å². The van der Waals surface area contributed by atoms with E-state index in [-0.39, 0.29) is 23.9 Å². The van der Waals surface area contributed by atoms with Crippen LogP contribution in [0.3, 0.4) is 0 Å². The number of carboxylic acids is 1. The Morgan fingerprint density at radius 2 is 1.79 bits per heavy atom. The van der Waals surface area contributed by atoms with Gasteiger partial charge in [-0.1, -0.05) is 11.2 Å². The van der Waals surface area contributed by atoms with Crippen LogP contribution < -0.4 is 4.74 Å². The third-order valence-electron chi connectivity index (χ3n) is 4.99. The molecule has 0 aliphatic rings. The second kappa shape index (κ2) is 9.17. The fourth-order valence-corrected chi connectivity index (χ4v) is 3.44. The molecule has 0 unspecified atom stereocenters. The highest BCUT2D eigenvalue weighted by Crippen LogP contribution is 2.35. The van der Waals surface area contributed by atoms with E-state index in [9.17, 15) is 13.6 Å². The molecule has 0 aliphatic carbocycles. The highest BCUT2D eigenvalue weighted by molar-refractivity contribution is 5.88. The number of aromatic carboxylic acids is 1. The summed E-state index contributed by atoms with van der Waals surface area (Å²) in [7, 11) is 3.05. The minimum atomic E-state index is -1.37. The third kappa shape index (κ3) is 4.44. The van der Waals surface area contributed by atoms with Gasteiger partial charge in [-0.05, 0) is 59.7 Å². The highest BCUT2D eigenvalue weighted by Gasteiger charge is 2.18. The summed E-state index contributed by atoms with van der Waals surface area (Å²) in [4.78, 5) is 15.3. The Kier molecular flexibility index (Phi) is 6.14. The fraction of sp³-hybridized carbons (Fsp3) is 0.125. The van der Waals surface area contributed by atoms with E-state index in [1.54, 1.807) is 31.4 Å². The van der Waals surface area contributed by atoms with Crippen LogP contribution in [0.5, 0.6) is 5.75 Å². The molecule has 0 saturated heterocycles. The Morgan fingerprint density at radius 1 is 1.00 bits per heavy atom. The smallest absolute Gasteiger partial charge is 0.338 e. The summed E-state index contributed by atoms with van der Waals surface area (Å²) >= 11 is 0. The van der Waals surface area contributed by atoms with Crippen molar-refractivity contribution in [3.8, 4) is 39.7 Å². The van der Waals surface area contributed by atoms with Gasteiger partial charge in [-0.3, -0.25) is 0 Å². The van der Waals surface area contributed by atoms with Gasteiger partial charge in [-0.25, -0.2) is 13.6 Å². The van der Waals surface area contributed by atoms with Crippen molar-refractivity contribution >= 4 is 5.97 Å². The van der Waals surface area contributed by atoms with E-state index >= 15 is 0 Å². The Morgan fingerprint density at radius 3 is 2.48 bits per heavy atom. The zero-order valence-electron chi connectivity index (χ0n) is 17.6. The maximum atomic E-state index is 14.0. The number of ether oxygens (including phenoxy) is 2. The SMILES string of the molecule is COCc1cc(-c2nc(-c3ccc(C(=O)O)c(F)c3)no2)ccc1-c1cc(F)ccc1OC. The van der Waals surface area contributed by atoms with Crippen molar-refractivity contribution in [1.82, 2.24) is 10.1 Å². The minimum Gasteiger partial charge on any atom is -0.496 e. The number of rotatable bonds is 7. The molecule has 0 aliphatic heterocycles. The predicted molar refractivity (Wildman–Crippen MR) is 115 cm³/mol. The van der Waals surface area contributed by atoms with Crippen LogP contribution in [0, 0.1) is 11.6 Å². The Bertz CT molecular complexity index is 1340. The predicted octanol–water partition coefficient (Wildman–Crippen LogP) is 5.20. The first kappa shape index (κ1) is 22.1. The lowest BCUT2D eigenvalue weighted by Gasteiger charge is -2.14. The van der Waals surface area contributed by atoms with E-state index in [2.05, 4.69) is 10.1 Å². The summed E-state index contributed by atoms with van der Waals surface area (Å²) in [6.45, 7) is 0.228. The zero-order chi connectivity index (χ0) is 23.5. The van der Waals surface area contributed by atoms with Crippen LogP contribution >= 0.6 is 0 Å². The topological polar surface area (TPSA) is 94.7 Å². The quantitative estimate of drug-likeness (QED) is 0.412. The second-order valence-corrected chi connectivity index (χ2v) is 7.07. The Hall–Kier alpha value is -4.11. The normalized spacial score (nSPS) is 10.9.